The lowest BCUT2D eigenvalue weighted by Gasteiger charge is -2.06. The lowest BCUT2D eigenvalue weighted by molar-refractivity contribution is 0.598. The Morgan fingerprint density at radius 3 is 2.55 bits per heavy atom. The van der Waals surface area contributed by atoms with Gasteiger partial charge in [0.2, 0.25) is 0 Å². The quantitative estimate of drug-likeness (QED) is 0.833. The fourth-order valence-electron chi connectivity index (χ4n) is 1.71. The summed E-state index contributed by atoms with van der Waals surface area (Å²) in [6, 6.07) is 7.14. The van der Waals surface area contributed by atoms with Gasteiger partial charge >= 0.3 is 0 Å². The van der Waals surface area contributed by atoms with Crippen LogP contribution in [-0.2, 0) is 23.0 Å². The van der Waals surface area contributed by atoms with Crippen molar-refractivity contribution in [1.29, 1.82) is 0 Å². The van der Waals surface area contributed by atoms with Crippen LogP contribution in [0.5, 0.6) is 0 Å². The summed E-state index contributed by atoms with van der Waals surface area (Å²) in [5.74, 6) is 0.541. The zero-order chi connectivity index (χ0) is 14.6. The summed E-state index contributed by atoms with van der Waals surface area (Å²) < 4.78 is 28.5. The average molecular weight is 314 g/mol. The Morgan fingerprint density at radius 2 is 2.00 bits per heavy atom. The smallest absolute Gasteiger partial charge is 0.280 e. The molecule has 0 atom stereocenters. The van der Waals surface area contributed by atoms with Crippen LogP contribution in [0, 0.1) is 0 Å². The van der Waals surface area contributed by atoms with Gasteiger partial charge in [-0.15, -0.1) is 11.6 Å². The Bertz CT molecular complexity index is 665. The van der Waals surface area contributed by atoms with Crippen LogP contribution in [0.2, 0.25) is 0 Å². The van der Waals surface area contributed by atoms with Crippen molar-refractivity contribution in [2.45, 2.75) is 24.9 Å². The molecule has 0 amide bonds. The summed E-state index contributed by atoms with van der Waals surface area (Å²) >= 11 is 5.66. The van der Waals surface area contributed by atoms with E-state index in [0.29, 0.717) is 18.1 Å². The maximum absolute atomic E-state index is 12.1. The number of anilines is 1. The predicted molar refractivity (Wildman–Crippen MR) is 79.6 cm³/mol. The summed E-state index contributed by atoms with van der Waals surface area (Å²) in [4.78, 5) is 3.90. The number of halogens is 1. The number of benzene rings is 1. The number of imidazole rings is 1. The minimum atomic E-state index is -3.64. The van der Waals surface area contributed by atoms with Crippen molar-refractivity contribution < 1.29 is 8.42 Å². The first kappa shape index (κ1) is 14.9. The van der Waals surface area contributed by atoms with E-state index in [9.17, 15) is 8.42 Å². The second kappa shape index (κ2) is 6.28. The summed E-state index contributed by atoms with van der Waals surface area (Å²) in [5.41, 5.74) is 1.58. The van der Waals surface area contributed by atoms with E-state index in [2.05, 4.69) is 9.71 Å². The number of aromatic nitrogens is 2. The van der Waals surface area contributed by atoms with Crippen LogP contribution in [0.1, 0.15) is 12.5 Å². The third-order valence-electron chi connectivity index (χ3n) is 2.84. The molecule has 1 aromatic carbocycles. The highest BCUT2D eigenvalue weighted by Gasteiger charge is 2.17. The van der Waals surface area contributed by atoms with E-state index in [1.54, 1.807) is 16.7 Å². The van der Waals surface area contributed by atoms with Crippen molar-refractivity contribution in [1.82, 2.24) is 9.55 Å². The van der Waals surface area contributed by atoms with E-state index in [1.165, 1.54) is 12.5 Å². The van der Waals surface area contributed by atoms with Crippen LogP contribution in [0.25, 0.3) is 0 Å². The van der Waals surface area contributed by atoms with Gasteiger partial charge in [-0.05, 0) is 31.0 Å². The lowest BCUT2D eigenvalue weighted by Crippen LogP contribution is -2.13. The molecule has 0 spiro atoms. The van der Waals surface area contributed by atoms with E-state index in [0.717, 1.165) is 12.0 Å². The molecule has 2 rings (SSSR count). The minimum absolute atomic E-state index is 0.0178. The van der Waals surface area contributed by atoms with Gasteiger partial charge in [0.25, 0.3) is 10.0 Å². The second-order valence-corrected chi connectivity index (χ2v) is 6.29. The summed E-state index contributed by atoms with van der Waals surface area (Å²) in [5, 5.41) is 0.0178. The van der Waals surface area contributed by atoms with E-state index < -0.39 is 10.0 Å². The van der Waals surface area contributed by atoms with Gasteiger partial charge in [0.1, 0.15) is 0 Å². The van der Waals surface area contributed by atoms with Crippen LogP contribution in [-0.4, -0.2) is 23.8 Å². The molecule has 1 N–H and O–H groups in total. The number of nitrogens with one attached hydrogen (secondary N) is 1. The molecule has 7 heteroatoms. The van der Waals surface area contributed by atoms with Gasteiger partial charge in [-0.2, -0.15) is 8.42 Å². The topological polar surface area (TPSA) is 64.0 Å². The predicted octanol–water partition coefficient (Wildman–Crippen LogP) is 2.49. The SMILES string of the molecule is CCn1cnc(S(=O)(=O)Nc2ccc(CCCl)cc2)c1. The average Bonchev–Trinajstić information content (AvgIpc) is 2.91. The van der Waals surface area contributed by atoms with Crippen LogP contribution in [0.4, 0.5) is 5.69 Å². The molecule has 20 heavy (non-hydrogen) atoms. The van der Waals surface area contributed by atoms with Crippen molar-refractivity contribution in [3.8, 4) is 0 Å². The molecule has 1 aromatic heterocycles. The molecule has 0 aliphatic rings. The molecule has 0 aliphatic carbocycles. The summed E-state index contributed by atoms with van der Waals surface area (Å²) in [6.45, 7) is 2.59. The molecule has 0 fully saturated rings. The molecule has 0 saturated carbocycles. The Hall–Kier alpha value is -1.53. The molecule has 108 valence electrons. The van der Waals surface area contributed by atoms with Gasteiger partial charge in [0, 0.05) is 24.3 Å². The molecular formula is C13H16ClN3O2S. The van der Waals surface area contributed by atoms with Gasteiger partial charge in [-0.25, -0.2) is 4.98 Å². The standard InChI is InChI=1S/C13H16ClN3O2S/c1-2-17-9-13(15-10-17)20(18,19)16-12-5-3-11(4-6-12)7-8-14/h3-6,9-10,16H,2,7-8H2,1H3. The summed E-state index contributed by atoms with van der Waals surface area (Å²) in [7, 11) is -3.64. The molecule has 0 saturated heterocycles. The highest BCUT2D eigenvalue weighted by Crippen LogP contribution is 2.15. The molecular weight excluding hydrogens is 298 g/mol. The minimum Gasteiger partial charge on any atom is -0.336 e. The highest BCUT2D eigenvalue weighted by atomic mass is 35.5. The number of hydrogen-bond acceptors (Lipinski definition) is 3. The van der Waals surface area contributed by atoms with E-state index in [1.807, 2.05) is 19.1 Å². The third-order valence-corrected chi connectivity index (χ3v) is 4.29. The molecule has 0 aliphatic heterocycles. The van der Waals surface area contributed by atoms with Gasteiger partial charge in [0.15, 0.2) is 5.03 Å². The Kier molecular flexibility index (Phi) is 4.67. The lowest BCUT2D eigenvalue weighted by atomic mass is 10.2. The fourth-order valence-corrected chi connectivity index (χ4v) is 2.94. The Balaban J connectivity index is 2.15. The van der Waals surface area contributed by atoms with Gasteiger partial charge in [-0.1, -0.05) is 12.1 Å². The van der Waals surface area contributed by atoms with Crippen molar-refractivity contribution in [2.24, 2.45) is 0 Å². The number of hydrogen-bond donors (Lipinski definition) is 1. The van der Waals surface area contributed by atoms with Gasteiger partial charge in [0.05, 0.1) is 6.33 Å². The molecule has 1 heterocycles. The first-order valence-electron chi connectivity index (χ1n) is 6.24. The van der Waals surface area contributed by atoms with Gasteiger partial charge < -0.3 is 4.57 Å². The third kappa shape index (κ3) is 3.52. The number of sulfonamides is 1. The zero-order valence-electron chi connectivity index (χ0n) is 11.1. The number of rotatable bonds is 6. The molecule has 5 nitrogen and oxygen atoms in total. The molecule has 0 bridgehead atoms. The van der Waals surface area contributed by atoms with Crippen LogP contribution >= 0.6 is 11.6 Å². The van der Waals surface area contributed by atoms with Crippen molar-refractivity contribution >= 4 is 27.3 Å². The Labute approximate surface area is 123 Å². The normalized spacial score (nSPS) is 11.5. The van der Waals surface area contributed by atoms with Crippen LogP contribution in [0.3, 0.4) is 0 Å². The van der Waals surface area contributed by atoms with Crippen molar-refractivity contribution in [3.63, 3.8) is 0 Å². The van der Waals surface area contributed by atoms with Crippen LogP contribution < -0.4 is 4.72 Å². The maximum atomic E-state index is 12.1. The fraction of sp³-hybridized carbons (Fsp3) is 0.308. The largest absolute Gasteiger partial charge is 0.336 e. The van der Waals surface area contributed by atoms with E-state index in [-0.39, 0.29) is 5.03 Å². The van der Waals surface area contributed by atoms with Gasteiger partial charge in [-0.3, -0.25) is 4.72 Å². The summed E-state index contributed by atoms with van der Waals surface area (Å²) in [6.07, 6.45) is 3.76. The molecule has 0 radical (unpaired) electrons. The monoisotopic (exact) mass is 313 g/mol. The van der Waals surface area contributed by atoms with Crippen molar-refractivity contribution in [3.05, 3.63) is 42.4 Å². The highest BCUT2D eigenvalue weighted by molar-refractivity contribution is 7.92. The van der Waals surface area contributed by atoms with Crippen LogP contribution in [0.15, 0.2) is 41.8 Å². The molecule has 2 aromatic rings. The second-order valence-electron chi connectivity index (χ2n) is 4.28. The maximum Gasteiger partial charge on any atom is 0.280 e. The van der Waals surface area contributed by atoms with E-state index in [4.69, 9.17) is 11.6 Å². The molecule has 0 unspecified atom stereocenters. The zero-order valence-corrected chi connectivity index (χ0v) is 12.7. The van der Waals surface area contributed by atoms with E-state index >= 15 is 0 Å². The Morgan fingerprint density at radius 1 is 1.30 bits per heavy atom. The number of nitrogens with zero attached hydrogens (tertiary/aromatic N) is 2. The first-order chi connectivity index (χ1) is 9.55. The first-order valence-corrected chi connectivity index (χ1v) is 8.26. The number of alkyl halides is 1. The number of aryl methyl sites for hydroxylation is 2. The van der Waals surface area contributed by atoms with Crippen molar-refractivity contribution in [2.75, 3.05) is 10.6 Å².